The zero-order valence-electron chi connectivity index (χ0n) is 9.78. The molecule has 0 aliphatic carbocycles. The Hall–Kier alpha value is -1.56. The zero-order chi connectivity index (χ0) is 11.6. The summed E-state index contributed by atoms with van der Waals surface area (Å²) in [6.07, 6.45) is 7.66. The number of rotatable bonds is 7. The molecule has 0 spiro atoms. The third-order valence-corrected chi connectivity index (χ3v) is 2.36. The second-order valence-electron chi connectivity index (χ2n) is 3.76. The van der Waals surface area contributed by atoms with Gasteiger partial charge in [0.2, 0.25) is 5.88 Å². The molecule has 0 saturated carbocycles. The number of nitrogens with zero attached hydrogens (tertiary/aromatic N) is 2. The molecule has 1 rings (SSSR count). The maximum atomic E-state index is 8.59. The van der Waals surface area contributed by atoms with Gasteiger partial charge in [-0.05, 0) is 12.5 Å². The molecule has 0 amide bonds. The molecule has 3 nitrogen and oxygen atoms in total. The van der Waals surface area contributed by atoms with Gasteiger partial charge in [0.15, 0.2) is 0 Å². The van der Waals surface area contributed by atoms with Gasteiger partial charge in [-0.25, -0.2) is 4.98 Å². The summed E-state index contributed by atoms with van der Waals surface area (Å²) in [5.74, 6) is 0.606. The minimum Gasteiger partial charge on any atom is -0.478 e. The average molecular weight is 218 g/mol. The van der Waals surface area contributed by atoms with Crippen LogP contribution in [-0.2, 0) is 0 Å². The molecule has 0 unspecified atom stereocenters. The highest BCUT2D eigenvalue weighted by Crippen LogP contribution is 2.08. The largest absolute Gasteiger partial charge is 0.478 e. The fourth-order valence-corrected chi connectivity index (χ4v) is 1.41. The third-order valence-electron chi connectivity index (χ3n) is 2.36. The minimum absolute atomic E-state index is 0.565. The van der Waals surface area contributed by atoms with E-state index >= 15 is 0 Å². The molecule has 0 radical (unpaired) electrons. The van der Waals surface area contributed by atoms with Crippen LogP contribution in [0.1, 0.15) is 44.6 Å². The molecule has 1 aromatic rings. The quantitative estimate of drug-likeness (QED) is 0.659. The van der Waals surface area contributed by atoms with Gasteiger partial charge >= 0.3 is 0 Å². The van der Waals surface area contributed by atoms with Crippen LogP contribution in [0.5, 0.6) is 5.88 Å². The molecule has 0 aliphatic heterocycles. The fourth-order valence-electron chi connectivity index (χ4n) is 1.41. The standard InChI is InChI=1S/C13H18N2O/c1-2-3-4-5-6-9-16-13-8-7-12(10-14)11-15-13/h7-8,11H,2-6,9H2,1H3. The van der Waals surface area contributed by atoms with Gasteiger partial charge in [-0.15, -0.1) is 0 Å². The van der Waals surface area contributed by atoms with Crippen molar-refractivity contribution in [2.75, 3.05) is 6.61 Å². The highest BCUT2D eigenvalue weighted by Gasteiger charge is 1.96. The van der Waals surface area contributed by atoms with Crippen molar-refractivity contribution in [3.63, 3.8) is 0 Å². The number of ether oxygens (including phenoxy) is 1. The first-order chi connectivity index (χ1) is 7.86. The van der Waals surface area contributed by atoms with Crippen LogP contribution < -0.4 is 4.74 Å². The van der Waals surface area contributed by atoms with Crippen LogP contribution in [0.3, 0.4) is 0 Å². The average Bonchev–Trinajstić information content (AvgIpc) is 2.34. The Morgan fingerprint density at radius 2 is 2.06 bits per heavy atom. The summed E-state index contributed by atoms with van der Waals surface area (Å²) in [6, 6.07) is 5.49. The van der Waals surface area contributed by atoms with Gasteiger partial charge in [-0.2, -0.15) is 5.26 Å². The van der Waals surface area contributed by atoms with Crippen LogP contribution in [0, 0.1) is 11.3 Å². The van der Waals surface area contributed by atoms with Crippen molar-refractivity contribution in [2.24, 2.45) is 0 Å². The van der Waals surface area contributed by atoms with Gasteiger partial charge in [0.25, 0.3) is 0 Å². The number of unbranched alkanes of at least 4 members (excludes halogenated alkanes) is 4. The van der Waals surface area contributed by atoms with Gasteiger partial charge in [-0.1, -0.05) is 32.6 Å². The van der Waals surface area contributed by atoms with Crippen LogP contribution in [0.15, 0.2) is 18.3 Å². The lowest BCUT2D eigenvalue weighted by atomic mass is 10.2. The molecule has 0 aromatic carbocycles. The summed E-state index contributed by atoms with van der Waals surface area (Å²) < 4.78 is 5.47. The summed E-state index contributed by atoms with van der Waals surface area (Å²) in [5.41, 5.74) is 0.565. The van der Waals surface area contributed by atoms with E-state index in [2.05, 4.69) is 11.9 Å². The number of hydrogen-bond donors (Lipinski definition) is 0. The summed E-state index contributed by atoms with van der Waals surface area (Å²) in [5, 5.41) is 8.59. The van der Waals surface area contributed by atoms with Crippen LogP contribution in [0.2, 0.25) is 0 Å². The smallest absolute Gasteiger partial charge is 0.213 e. The predicted molar refractivity (Wildman–Crippen MR) is 63.2 cm³/mol. The second kappa shape index (κ2) is 7.70. The normalized spacial score (nSPS) is 9.75. The molecular formula is C13H18N2O. The summed E-state index contributed by atoms with van der Waals surface area (Å²) in [4.78, 5) is 4.04. The maximum absolute atomic E-state index is 8.59. The maximum Gasteiger partial charge on any atom is 0.213 e. The Balaban J connectivity index is 2.15. The first-order valence-corrected chi connectivity index (χ1v) is 5.85. The number of aromatic nitrogens is 1. The van der Waals surface area contributed by atoms with Crippen molar-refractivity contribution < 1.29 is 4.74 Å². The molecule has 1 heterocycles. The molecule has 0 N–H and O–H groups in total. The highest BCUT2D eigenvalue weighted by atomic mass is 16.5. The van der Waals surface area contributed by atoms with Gasteiger partial charge in [0.05, 0.1) is 12.2 Å². The van der Waals surface area contributed by atoms with E-state index in [1.165, 1.54) is 31.9 Å². The van der Waals surface area contributed by atoms with E-state index in [-0.39, 0.29) is 0 Å². The number of pyridine rings is 1. The van der Waals surface area contributed by atoms with Crippen molar-refractivity contribution in [1.29, 1.82) is 5.26 Å². The van der Waals surface area contributed by atoms with E-state index in [4.69, 9.17) is 10.00 Å². The van der Waals surface area contributed by atoms with E-state index < -0.39 is 0 Å². The molecule has 0 fully saturated rings. The van der Waals surface area contributed by atoms with Crippen molar-refractivity contribution in [2.45, 2.75) is 39.0 Å². The number of hydrogen-bond acceptors (Lipinski definition) is 3. The van der Waals surface area contributed by atoms with Gasteiger partial charge in [0, 0.05) is 12.3 Å². The number of nitriles is 1. The Morgan fingerprint density at radius 3 is 2.69 bits per heavy atom. The second-order valence-corrected chi connectivity index (χ2v) is 3.76. The molecule has 0 saturated heterocycles. The van der Waals surface area contributed by atoms with Crippen LogP contribution in [0.4, 0.5) is 0 Å². The van der Waals surface area contributed by atoms with Crippen molar-refractivity contribution in [3.05, 3.63) is 23.9 Å². The van der Waals surface area contributed by atoms with Crippen molar-refractivity contribution in [3.8, 4) is 11.9 Å². The van der Waals surface area contributed by atoms with Crippen LogP contribution >= 0.6 is 0 Å². The van der Waals surface area contributed by atoms with Gasteiger partial charge in [-0.3, -0.25) is 0 Å². The fraction of sp³-hybridized carbons (Fsp3) is 0.538. The molecule has 0 atom stereocenters. The predicted octanol–water partition coefficient (Wildman–Crippen LogP) is 3.30. The van der Waals surface area contributed by atoms with E-state index in [1.807, 2.05) is 6.07 Å². The Kier molecular flexibility index (Phi) is 6.02. The SMILES string of the molecule is CCCCCCCOc1ccc(C#N)cn1. The lowest BCUT2D eigenvalue weighted by Gasteiger charge is -2.04. The lowest BCUT2D eigenvalue weighted by Crippen LogP contribution is -1.98. The van der Waals surface area contributed by atoms with Gasteiger partial charge in [0.1, 0.15) is 6.07 Å². The molecule has 0 bridgehead atoms. The first kappa shape index (κ1) is 12.5. The van der Waals surface area contributed by atoms with Gasteiger partial charge < -0.3 is 4.74 Å². The first-order valence-electron chi connectivity index (χ1n) is 5.85. The van der Waals surface area contributed by atoms with Crippen molar-refractivity contribution >= 4 is 0 Å². The molecule has 86 valence electrons. The molecule has 1 aromatic heterocycles. The summed E-state index contributed by atoms with van der Waals surface area (Å²) >= 11 is 0. The Bertz CT molecular complexity index is 327. The van der Waals surface area contributed by atoms with Crippen molar-refractivity contribution in [1.82, 2.24) is 4.98 Å². The third kappa shape index (κ3) is 4.79. The lowest BCUT2D eigenvalue weighted by molar-refractivity contribution is 0.293. The van der Waals surface area contributed by atoms with Crippen LogP contribution in [-0.4, -0.2) is 11.6 Å². The van der Waals surface area contributed by atoms with E-state index in [0.717, 1.165) is 6.42 Å². The molecule has 0 aliphatic rings. The highest BCUT2D eigenvalue weighted by molar-refractivity contribution is 5.28. The Labute approximate surface area is 97.1 Å². The zero-order valence-corrected chi connectivity index (χ0v) is 9.78. The molecule has 3 heteroatoms. The van der Waals surface area contributed by atoms with E-state index in [0.29, 0.717) is 18.1 Å². The molecular weight excluding hydrogens is 200 g/mol. The van der Waals surface area contributed by atoms with Crippen LogP contribution in [0.25, 0.3) is 0 Å². The minimum atomic E-state index is 0.565. The topological polar surface area (TPSA) is 45.9 Å². The van der Waals surface area contributed by atoms with E-state index in [9.17, 15) is 0 Å². The summed E-state index contributed by atoms with van der Waals surface area (Å²) in [6.45, 7) is 2.92. The molecule has 16 heavy (non-hydrogen) atoms. The summed E-state index contributed by atoms with van der Waals surface area (Å²) in [7, 11) is 0. The Morgan fingerprint density at radius 1 is 1.25 bits per heavy atom. The monoisotopic (exact) mass is 218 g/mol. The van der Waals surface area contributed by atoms with E-state index in [1.54, 1.807) is 12.1 Å².